The third kappa shape index (κ3) is 8.91. The first kappa shape index (κ1) is 32.8. The van der Waals surface area contributed by atoms with Crippen LogP contribution in [0, 0.1) is 10.1 Å². The second kappa shape index (κ2) is 14.5. The number of nitrogens with zero attached hydrogens (tertiary/aromatic N) is 3. The van der Waals surface area contributed by atoms with Crippen molar-refractivity contribution in [3.05, 3.63) is 104 Å². The van der Waals surface area contributed by atoms with E-state index in [4.69, 9.17) is 23.2 Å². The van der Waals surface area contributed by atoms with Crippen LogP contribution in [0.4, 0.5) is 11.4 Å². The van der Waals surface area contributed by atoms with Crippen molar-refractivity contribution in [1.29, 1.82) is 0 Å². The molecule has 0 spiro atoms. The molecule has 2 atom stereocenters. The number of non-ortho nitro benzene ring substituents is 1. The minimum absolute atomic E-state index is 0.0572. The molecule has 0 heterocycles. The lowest BCUT2D eigenvalue weighted by Gasteiger charge is -2.34. The van der Waals surface area contributed by atoms with E-state index in [0.717, 1.165) is 22.2 Å². The van der Waals surface area contributed by atoms with Gasteiger partial charge in [-0.05, 0) is 42.7 Å². The second-order valence-electron chi connectivity index (χ2n) is 9.84. The highest BCUT2D eigenvalue weighted by molar-refractivity contribution is 7.92. The van der Waals surface area contributed by atoms with Gasteiger partial charge in [-0.2, -0.15) is 0 Å². The lowest BCUT2D eigenvalue weighted by molar-refractivity contribution is -0.384. The van der Waals surface area contributed by atoms with Crippen LogP contribution in [0.5, 0.6) is 0 Å². The SMILES string of the molecule is CCC(C)NC(=O)C(Cc1ccccc1)N(Cc1ccc(Cl)c(Cl)c1)C(=O)CN(c1cccc([N+](=O)[O-])c1)S(C)(=O)=O. The summed E-state index contributed by atoms with van der Waals surface area (Å²) >= 11 is 12.3. The summed E-state index contributed by atoms with van der Waals surface area (Å²) < 4.78 is 26.5. The van der Waals surface area contributed by atoms with E-state index >= 15 is 0 Å². The Balaban J connectivity index is 2.10. The molecule has 0 saturated heterocycles. The molecule has 0 aliphatic rings. The average molecular weight is 636 g/mol. The maximum Gasteiger partial charge on any atom is 0.271 e. The van der Waals surface area contributed by atoms with Crippen LogP contribution in [0.2, 0.25) is 10.0 Å². The lowest BCUT2D eigenvalue weighted by atomic mass is 10.0. The van der Waals surface area contributed by atoms with Gasteiger partial charge in [0.15, 0.2) is 0 Å². The Morgan fingerprint density at radius 2 is 1.67 bits per heavy atom. The fourth-order valence-electron chi connectivity index (χ4n) is 4.21. The van der Waals surface area contributed by atoms with Crippen molar-refractivity contribution in [1.82, 2.24) is 10.2 Å². The third-order valence-electron chi connectivity index (χ3n) is 6.62. The van der Waals surface area contributed by atoms with E-state index in [-0.39, 0.29) is 35.4 Å². The van der Waals surface area contributed by atoms with Crippen LogP contribution in [0.3, 0.4) is 0 Å². The van der Waals surface area contributed by atoms with Gasteiger partial charge in [0.2, 0.25) is 21.8 Å². The molecule has 0 aromatic heterocycles. The van der Waals surface area contributed by atoms with Gasteiger partial charge in [-0.1, -0.05) is 72.6 Å². The van der Waals surface area contributed by atoms with E-state index in [0.29, 0.717) is 17.0 Å². The van der Waals surface area contributed by atoms with Crippen LogP contribution < -0.4 is 9.62 Å². The summed E-state index contributed by atoms with van der Waals surface area (Å²) in [4.78, 5) is 39.8. The molecule has 0 aliphatic heterocycles. The molecule has 0 aliphatic carbocycles. The molecule has 10 nitrogen and oxygen atoms in total. The first-order chi connectivity index (χ1) is 19.8. The monoisotopic (exact) mass is 634 g/mol. The number of hydrogen-bond donors (Lipinski definition) is 1. The van der Waals surface area contributed by atoms with Crippen molar-refractivity contribution in [2.45, 2.75) is 45.3 Å². The molecule has 224 valence electrons. The molecule has 0 radical (unpaired) electrons. The molecule has 2 amide bonds. The van der Waals surface area contributed by atoms with Crippen LogP contribution in [-0.2, 0) is 32.6 Å². The summed E-state index contributed by atoms with van der Waals surface area (Å²) in [5.41, 5.74) is 0.954. The van der Waals surface area contributed by atoms with Crippen molar-refractivity contribution < 1.29 is 22.9 Å². The van der Waals surface area contributed by atoms with E-state index in [9.17, 15) is 28.1 Å². The number of hydrogen-bond acceptors (Lipinski definition) is 6. The summed E-state index contributed by atoms with van der Waals surface area (Å²) in [6, 6.07) is 17.7. The van der Waals surface area contributed by atoms with Gasteiger partial charge in [0.1, 0.15) is 12.6 Å². The molecule has 2 unspecified atom stereocenters. The Bertz CT molecular complexity index is 1540. The quantitative estimate of drug-likeness (QED) is 0.203. The average Bonchev–Trinajstić information content (AvgIpc) is 2.95. The van der Waals surface area contributed by atoms with Crippen molar-refractivity contribution in [3.63, 3.8) is 0 Å². The first-order valence-corrected chi connectivity index (χ1v) is 15.7. The molecule has 1 N–H and O–H groups in total. The fourth-order valence-corrected chi connectivity index (χ4v) is 5.37. The molecule has 3 aromatic rings. The molecule has 0 saturated carbocycles. The highest BCUT2D eigenvalue weighted by atomic mass is 35.5. The number of carbonyl (C=O) groups excluding carboxylic acids is 2. The zero-order chi connectivity index (χ0) is 31.0. The maximum absolute atomic E-state index is 14.1. The van der Waals surface area contributed by atoms with Gasteiger partial charge in [-0.25, -0.2) is 8.42 Å². The van der Waals surface area contributed by atoms with Gasteiger partial charge in [-0.3, -0.25) is 24.0 Å². The molecule has 0 bridgehead atoms. The van der Waals surface area contributed by atoms with Crippen LogP contribution in [0.25, 0.3) is 0 Å². The number of halogens is 2. The fraction of sp³-hybridized carbons (Fsp3) is 0.310. The van der Waals surface area contributed by atoms with Crippen LogP contribution >= 0.6 is 23.2 Å². The van der Waals surface area contributed by atoms with Crippen LogP contribution in [0.15, 0.2) is 72.8 Å². The van der Waals surface area contributed by atoms with E-state index < -0.39 is 39.3 Å². The van der Waals surface area contributed by atoms with Gasteiger partial charge in [0, 0.05) is 31.1 Å². The number of nitrogens with one attached hydrogen (secondary N) is 1. The number of nitro groups is 1. The van der Waals surface area contributed by atoms with Crippen molar-refractivity contribution >= 4 is 56.4 Å². The zero-order valence-corrected chi connectivity index (χ0v) is 25.7. The van der Waals surface area contributed by atoms with Gasteiger partial charge in [-0.15, -0.1) is 0 Å². The van der Waals surface area contributed by atoms with Crippen molar-refractivity contribution in [2.24, 2.45) is 0 Å². The van der Waals surface area contributed by atoms with Gasteiger partial charge in [0.05, 0.1) is 26.9 Å². The topological polar surface area (TPSA) is 130 Å². The predicted molar refractivity (Wildman–Crippen MR) is 164 cm³/mol. The van der Waals surface area contributed by atoms with Crippen LogP contribution in [-0.4, -0.2) is 54.9 Å². The number of rotatable bonds is 13. The second-order valence-corrected chi connectivity index (χ2v) is 12.6. The summed E-state index contributed by atoms with van der Waals surface area (Å²) in [6.45, 7) is 2.96. The molecule has 13 heteroatoms. The molecule has 0 fully saturated rings. The lowest BCUT2D eigenvalue weighted by Crippen LogP contribution is -2.54. The zero-order valence-electron chi connectivity index (χ0n) is 23.4. The van der Waals surface area contributed by atoms with E-state index in [2.05, 4.69) is 5.32 Å². The number of amides is 2. The Kier molecular flexibility index (Phi) is 11.3. The van der Waals surface area contributed by atoms with Gasteiger partial charge >= 0.3 is 0 Å². The molecule has 42 heavy (non-hydrogen) atoms. The predicted octanol–water partition coefficient (Wildman–Crippen LogP) is 5.22. The number of sulfonamides is 1. The number of nitro benzene ring substituents is 1. The number of carbonyl (C=O) groups is 2. The third-order valence-corrected chi connectivity index (χ3v) is 8.50. The van der Waals surface area contributed by atoms with E-state index in [1.807, 2.05) is 44.2 Å². The highest BCUT2D eigenvalue weighted by Gasteiger charge is 2.33. The first-order valence-electron chi connectivity index (χ1n) is 13.1. The Hall–Kier alpha value is -3.67. The summed E-state index contributed by atoms with van der Waals surface area (Å²) in [5.74, 6) is -1.11. The molecular formula is C29H32Cl2N4O6S. The number of anilines is 1. The van der Waals surface area contributed by atoms with Gasteiger partial charge < -0.3 is 10.2 Å². The smallest absolute Gasteiger partial charge is 0.271 e. The summed E-state index contributed by atoms with van der Waals surface area (Å²) in [5, 5.41) is 14.9. The van der Waals surface area contributed by atoms with E-state index in [1.54, 1.807) is 18.2 Å². The van der Waals surface area contributed by atoms with Gasteiger partial charge in [0.25, 0.3) is 5.69 Å². The largest absolute Gasteiger partial charge is 0.352 e. The van der Waals surface area contributed by atoms with Crippen molar-refractivity contribution in [3.8, 4) is 0 Å². The summed E-state index contributed by atoms with van der Waals surface area (Å²) in [6.07, 6.45) is 1.70. The Morgan fingerprint density at radius 3 is 2.26 bits per heavy atom. The Morgan fingerprint density at radius 1 is 0.976 bits per heavy atom. The Labute approximate surface area is 255 Å². The standard InChI is InChI=1S/C29H32Cl2N4O6S/c1-4-20(2)32-29(37)27(16-21-9-6-5-7-10-21)33(18-22-13-14-25(30)26(31)15-22)28(36)19-34(42(3,40)41)23-11-8-12-24(17-23)35(38)39/h5-15,17,20,27H,4,16,18-19H2,1-3H3,(H,32,37). The minimum Gasteiger partial charge on any atom is -0.352 e. The molecule has 3 aromatic carbocycles. The summed E-state index contributed by atoms with van der Waals surface area (Å²) in [7, 11) is -4.08. The molecule has 3 rings (SSSR count). The van der Waals surface area contributed by atoms with Crippen molar-refractivity contribution in [2.75, 3.05) is 17.1 Å². The minimum atomic E-state index is -4.08. The van der Waals surface area contributed by atoms with Crippen LogP contribution in [0.1, 0.15) is 31.4 Å². The normalized spacial score (nSPS) is 12.7. The maximum atomic E-state index is 14.1. The van der Waals surface area contributed by atoms with E-state index in [1.165, 1.54) is 23.1 Å². The number of benzene rings is 3. The highest BCUT2D eigenvalue weighted by Crippen LogP contribution is 2.26. The molecular weight excluding hydrogens is 603 g/mol.